The lowest BCUT2D eigenvalue weighted by Gasteiger charge is -2.19. The van der Waals surface area contributed by atoms with Crippen LogP contribution in [0.2, 0.25) is 0 Å². The summed E-state index contributed by atoms with van der Waals surface area (Å²) < 4.78 is 36.0. The Balaban J connectivity index is 0.00000484. The van der Waals surface area contributed by atoms with Gasteiger partial charge in [0.25, 0.3) is 0 Å². The van der Waals surface area contributed by atoms with Crippen LogP contribution < -0.4 is 10.6 Å². The molecule has 0 aliphatic rings. The van der Waals surface area contributed by atoms with Crippen molar-refractivity contribution in [1.82, 2.24) is 10.6 Å². The Hall–Kier alpha value is -0.900. The van der Waals surface area contributed by atoms with Crippen LogP contribution in [0.3, 0.4) is 0 Å². The number of hydrogen-bond acceptors (Lipinski definition) is 3. The SMILES string of the molecule is CN=C(NCCS(=O)(=O)C(C)(C)C)NCc1ccc(F)cc1.I. The lowest BCUT2D eigenvalue weighted by Crippen LogP contribution is -2.41. The standard InChI is InChI=1S/C15H24FN3O2S.HI/c1-15(2,3)22(20,21)10-9-18-14(17-4)19-11-12-5-7-13(16)8-6-12;/h5-8H,9-11H2,1-4H3,(H2,17,18,19);1H. The average molecular weight is 457 g/mol. The van der Waals surface area contributed by atoms with Crippen molar-refractivity contribution in [2.75, 3.05) is 19.3 Å². The lowest BCUT2D eigenvalue weighted by molar-refractivity contribution is 0.559. The Kier molecular flexibility index (Phi) is 9.04. The summed E-state index contributed by atoms with van der Waals surface area (Å²) in [6.45, 7) is 5.81. The van der Waals surface area contributed by atoms with Gasteiger partial charge in [-0.1, -0.05) is 12.1 Å². The molecule has 0 unspecified atom stereocenters. The Bertz CT molecular complexity index is 611. The van der Waals surface area contributed by atoms with Gasteiger partial charge < -0.3 is 10.6 Å². The van der Waals surface area contributed by atoms with Crippen LogP contribution in [-0.2, 0) is 16.4 Å². The molecule has 1 rings (SSSR count). The van der Waals surface area contributed by atoms with Crippen molar-refractivity contribution < 1.29 is 12.8 Å². The van der Waals surface area contributed by atoms with E-state index in [1.54, 1.807) is 40.0 Å². The number of hydrogen-bond donors (Lipinski definition) is 2. The molecule has 0 aromatic heterocycles. The Morgan fingerprint density at radius 2 is 1.74 bits per heavy atom. The molecule has 8 heteroatoms. The normalized spacial score (nSPS) is 12.5. The molecule has 0 spiro atoms. The number of benzene rings is 1. The van der Waals surface area contributed by atoms with Gasteiger partial charge in [0.15, 0.2) is 15.8 Å². The second kappa shape index (κ2) is 9.41. The van der Waals surface area contributed by atoms with Crippen molar-refractivity contribution in [2.24, 2.45) is 4.99 Å². The van der Waals surface area contributed by atoms with E-state index in [0.717, 1.165) is 5.56 Å². The van der Waals surface area contributed by atoms with Gasteiger partial charge >= 0.3 is 0 Å². The smallest absolute Gasteiger partial charge is 0.191 e. The van der Waals surface area contributed by atoms with Crippen molar-refractivity contribution in [3.05, 3.63) is 35.6 Å². The van der Waals surface area contributed by atoms with Gasteiger partial charge in [-0.3, -0.25) is 4.99 Å². The number of nitrogens with one attached hydrogen (secondary N) is 2. The summed E-state index contributed by atoms with van der Waals surface area (Å²) in [6, 6.07) is 6.14. The number of sulfone groups is 1. The molecule has 1 aromatic rings. The predicted octanol–water partition coefficient (Wildman–Crippen LogP) is 2.32. The molecule has 0 atom stereocenters. The maximum absolute atomic E-state index is 12.8. The highest BCUT2D eigenvalue weighted by atomic mass is 127. The minimum atomic E-state index is -3.16. The molecule has 2 N–H and O–H groups in total. The minimum absolute atomic E-state index is 0. The molecule has 0 aliphatic carbocycles. The van der Waals surface area contributed by atoms with Gasteiger partial charge in [-0.15, -0.1) is 24.0 Å². The first-order chi connectivity index (χ1) is 10.2. The third-order valence-corrected chi connectivity index (χ3v) is 5.80. The lowest BCUT2D eigenvalue weighted by atomic mass is 10.2. The van der Waals surface area contributed by atoms with Crippen molar-refractivity contribution in [1.29, 1.82) is 0 Å². The summed E-state index contributed by atoms with van der Waals surface area (Å²) in [6.07, 6.45) is 0. The predicted molar refractivity (Wildman–Crippen MR) is 104 cm³/mol. The highest BCUT2D eigenvalue weighted by Crippen LogP contribution is 2.15. The first-order valence-electron chi connectivity index (χ1n) is 7.07. The molecular formula is C15H25FIN3O2S. The third-order valence-electron chi connectivity index (χ3n) is 3.19. The number of guanidine groups is 1. The molecular weight excluding hydrogens is 432 g/mol. The van der Waals surface area contributed by atoms with Crippen LogP contribution >= 0.6 is 24.0 Å². The molecule has 132 valence electrons. The van der Waals surface area contributed by atoms with Gasteiger partial charge in [0.2, 0.25) is 0 Å². The molecule has 0 aliphatic heterocycles. The fraction of sp³-hybridized carbons (Fsp3) is 0.533. The van der Waals surface area contributed by atoms with Crippen LogP contribution in [0, 0.1) is 5.82 Å². The van der Waals surface area contributed by atoms with Crippen LogP contribution in [0.5, 0.6) is 0 Å². The van der Waals surface area contributed by atoms with E-state index >= 15 is 0 Å². The maximum atomic E-state index is 12.8. The van der Waals surface area contributed by atoms with Crippen LogP contribution in [0.25, 0.3) is 0 Å². The topological polar surface area (TPSA) is 70.6 Å². The first kappa shape index (κ1) is 22.1. The molecule has 0 amide bonds. The summed E-state index contributed by atoms with van der Waals surface area (Å²) in [7, 11) is -1.55. The Morgan fingerprint density at radius 3 is 2.22 bits per heavy atom. The third kappa shape index (κ3) is 7.47. The molecule has 1 aromatic carbocycles. The Morgan fingerprint density at radius 1 is 1.17 bits per heavy atom. The monoisotopic (exact) mass is 457 g/mol. The Labute approximate surface area is 155 Å². The van der Waals surface area contributed by atoms with Crippen LogP contribution in [0.15, 0.2) is 29.3 Å². The largest absolute Gasteiger partial charge is 0.355 e. The van der Waals surface area contributed by atoms with E-state index in [9.17, 15) is 12.8 Å². The zero-order valence-electron chi connectivity index (χ0n) is 13.9. The first-order valence-corrected chi connectivity index (χ1v) is 8.72. The molecule has 0 bridgehead atoms. The summed E-state index contributed by atoms with van der Waals surface area (Å²) in [5.41, 5.74) is 0.909. The maximum Gasteiger partial charge on any atom is 0.191 e. The highest BCUT2D eigenvalue weighted by Gasteiger charge is 2.28. The van der Waals surface area contributed by atoms with Crippen LogP contribution in [-0.4, -0.2) is 38.5 Å². The molecule has 5 nitrogen and oxygen atoms in total. The number of halogens is 2. The molecule has 0 saturated carbocycles. The summed E-state index contributed by atoms with van der Waals surface area (Å²) >= 11 is 0. The summed E-state index contributed by atoms with van der Waals surface area (Å²) in [5, 5.41) is 6.02. The van der Waals surface area contributed by atoms with E-state index in [-0.39, 0.29) is 42.1 Å². The fourth-order valence-electron chi connectivity index (χ4n) is 1.62. The van der Waals surface area contributed by atoms with Gasteiger partial charge in [-0.2, -0.15) is 0 Å². The second-order valence-electron chi connectivity index (χ2n) is 5.91. The average Bonchev–Trinajstić information content (AvgIpc) is 2.43. The van der Waals surface area contributed by atoms with E-state index in [2.05, 4.69) is 15.6 Å². The van der Waals surface area contributed by atoms with E-state index in [1.807, 2.05) is 0 Å². The van der Waals surface area contributed by atoms with Gasteiger partial charge in [0, 0.05) is 20.1 Å². The van der Waals surface area contributed by atoms with Gasteiger partial charge in [0.05, 0.1) is 10.5 Å². The van der Waals surface area contributed by atoms with Crippen LogP contribution in [0.1, 0.15) is 26.3 Å². The van der Waals surface area contributed by atoms with Crippen molar-refractivity contribution in [2.45, 2.75) is 32.1 Å². The fourth-order valence-corrected chi connectivity index (χ4v) is 2.60. The van der Waals surface area contributed by atoms with E-state index in [4.69, 9.17) is 0 Å². The summed E-state index contributed by atoms with van der Waals surface area (Å²) in [5.74, 6) is 0.264. The van der Waals surface area contributed by atoms with Gasteiger partial charge in [-0.25, -0.2) is 12.8 Å². The van der Waals surface area contributed by atoms with Crippen LogP contribution in [0.4, 0.5) is 4.39 Å². The molecule has 0 heterocycles. The quantitative estimate of drug-likeness (QED) is 0.405. The summed E-state index contributed by atoms with van der Waals surface area (Å²) in [4.78, 5) is 4.03. The molecule has 0 fully saturated rings. The van der Waals surface area contributed by atoms with E-state index < -0.39 is 14.6 Å². The van der Waals surface area contributed by atoms with E-state index in [1.165, 1.54) is 12.1 Å². The van der Waals surface area contributed by atoms with Gasteiger partial charge in [-0.05, 0) is 38.5 Å². The zero-order valence-corrected chi connectivity index (χ0v) is 17.0. The highest BCUT2D eigenvalue weighted by molar-refractivity contribution is 14.0. The van der Waals surface area contributed by atoms with E-state index in [0.29, 0.717) is 12.5 Å². The van der Waals surface area contributed by atoms with Crippen molar-refractivity contribution >= 4 is 39.8 Å². The molecule has 0 saturated heterocycles. The number of rotatable bonds is 5. The van der Waals surface area contributed by atoms with Gasteiger partial charge in [0.1, 0.15) is 5.82 Å². The van der Waals surface area contributed by atoms with Crippen molar-refractivity contribution in [3.63, 3.8) is 0 Å². The molecule has 23 heavy (non-hydrogen) atoms. The van der Waals surface area contributed by atoms with Crippen molar-refractivity contribution in [3.8, 4) is 0 Å². The minimum Gasteiger partial charge on any atom is -0.355 e. The number of aliphatic imine (C=N–C) groups is 1. The zero-order chi connectivity index (χ0) is 16.8. The number of nitrogens with zero attached hydrogens (tertiary/aromatic N) is 1. The second-order valence-corrected chi connectivity index (χ2v) is 8.77. The molecule has 0 radical (unpaired) electrons.